The average molecular weight is 290 g/mol. The molecule has 6 heteroatoms. The summed E-state index contributed by atoms with van der Waals surface area (Å²) < 4.78 is 4.96. The maximum Gasteiger partial charge on any atom is 0.340 e. The fourth-order valence-corrected chi connectivity index (χ4v) is 2.22. The van der Waals surface area contributed by atoms with Gasteiger partial charge in [-0.1, -0.05) is 12.1 Å². The highest BCUT2D eigenvalue weighted by molar-refractivity contribution is 6.02. The van der Waals surface area contributed by atoms with E-state index >= 15 is 0 Å². The molecule has 0 bridgehead atoms. The molecule has 1 aliphatic rings. The summed E-state index contributed by atoms with van der Waals surface area (Å²) in [6.07, 6.45) is 0.770. The maximum absolute atomic E-state index is 12.2. The molecule has 1 unspecified atom stereocenters. The normalized spacial score (nSPS) is 17.8. The summed E-state index contributed by atoms with van der Waals surface area (Å²) in [7, 11) is 0. The van der Waals surface area contributed by atoms with Crippen LogP contribution < -0.4 is 10.6 Å². The van der Waals surface area contributed by atoms with Crippen LogP contribution in [-0.4, -0.2) is 30.9 Å². The first-order valence-electron chi connectivity index (χ1n) is 6.95. The fraction of sp³-hybridized carbons (Fsp3) is 0.400. The number of esters is 1. The Morgan fingerprint density at radius 3 is 2.86 bits per heavy atom. The minimum atomic E-state index is -0.477. The van der Waals surface area contributed by atoms with Gasteiger partial charge in [0.15, 0.2) is 0 Å². The second-order valence-corrected chi connectivity index (χ2v) is 4.79. The van der Waals surface area contributed by atoms with E-state index in [1.807, 2.05) is 0 Å². The molecule has 1 atom stereocenters. The van der Waals surface area contributed by atoms with Gasteiger partial charge >= 0.3 is 5.97 Å². The van der Waals surface area contributed by atoms with Gasteiger partial charge in [-0.25, -0.2) is 4.79 Å². The molecule has 2 N–H and O–H groups in total. The lowest BCUT2D eigenvalue weighted by Gasteiger charge is -2.21. The largest absolute Gasteiger partial charge is 0.462 e. The molecule has 0 radical (unpaired) electrons. The summed E-state index contributed by atoms with van der Waals surface area (Å²) in [5.74, 6) is -1.22. The molecule has 1 heterocycles. The minimum Gasteiger partial charge on any atom is -0.462 e. The van der Waals surface area contributed by atoms with Gasteiger partial charge in [0.1, 0.15) is 0 Å². The monoisotopic (exact) mass is 290 g/mol. The van der Waals surface area contributed by atoms with Crippen LogP contribution in [0.1, 0.15) is 30.1 Å². The van der Waals surface area contributed by atoms with Crippen LogP contribution in [0.2, 0.25) is 0 Å². The van der Waals surface area contributed by atoms with E-state index < -0.39 is 5.97 Å². The van der Waals surface area contributed by atoms with Crippen molar-refractivity contribution in [2.24, 2.45) is 5.92 Å². The summed E-state index contributed by atoms with van der Waals surface area (Å²) in [5.41, 5.74) is 0.722. The van der Waals surface area contributed by atoms with E-state index in [0.717, 1.165) is 0 Å². The van der Waals surface area contributed by atoms with Crippen molar-refractivity contribution in [1.82, 2.24) is 5.32 Å². The number of piperidine rings is 1. The standard InChI is InChI=1S/C15H18N2O4/c1-2-21-15(20)11-5-3-4-6-12(11)17-14(19)10-7-8-16-13(18)9-10/h3-6,10H,2,7-9H2,1H3,(H,16,18)(H,17,19). The summed E-state index contributed by atoms with van der Waals surface area (Å²) >= 11 is 0. The number of carbonyl (C=O) groups is 3. The minimum absolute atomic E-state index is 0.125. The van der Waals surface area contributed by atoms with Crippen LogP contribution in [0.4, 0.5) is 5.69 Å². The van der Waals surface area contributed by atoms with E-state index in [9.17, 15) is 14.4 Å². The zero-order valence-corrected chi connectivity index (χ0v) is 11.8. The lowest BCUT2D eigenvalue weighted by Crippen LogP contribution is -2.38. The first kappa shape index (κ1) is 15.0. The Balaban J connectivity index is 2.10. The third-order valence-corrected chi connectivity index (χ3v) is 3.30. The van der Waals surface area contributed by atoms with Gasteiger partial charge in [-0.3, -0.25) is 9.59 Å². The SMILES string of the molecule is CCOC(=O)c1ccccc1NC(=O)C1CCNC(=O)C1. The first-order valence-corrected chi connectivity index (χ1v) is 6.95. The van der Waals surface area contributed by atoms with Crippen molar-refractivity contribution in [3.05, 3.63) is 29.8 Å². The second kappa shape index (κ2) is 6.88. The van der Waals surface area contributed by atoms with Crippen LogP contribution >= 0.6 is 0 Å². The smallest absolute Gasteiger partial charge is 0.340 e. The van der Waals surface area contributed by atoms with E-state index in [-0.39, 0.29) is 30.8 Å². The Morgan fingerprint density at radius 2 is 2.14 bits per heavy atom. The third-order valence-electron chi connectivity index (χ3n) is 3.30. The fourth-order valence-electron chi connectivity index (χ4n) is 2.22. The molecule has 2 rings (SSSR count). The molecule has 1 aromatic rings. The Kier molecular flexibility index (Phi) is 4.92. The molecule has 6 nitrogen and oxygen atoms in total. The lowest BCUT2D eigenvalue weighted by molar-refractivity contribution is -0.129. The number of nitrogens with one attached hydrogen (secondary N) is 2. The van der Waals surface area contributed by atoms with E-state index in [0.29, 0.717) is 24.2 Å². The summed E-state index contributed by atoms with van der Waals surface area (Å²) in [4.78, 5) is 35.4. The van der Waals surface area contributed by atoms with E-state index in [1.165, 1.54) is 0 Å². The van der Waals surface area contributed by atoms with Crippen LogP contribution in [-0.2, 0) is 14.3 Å². The number of para-hydroxylation sites is 1. The Bertz CT molecular complexity index is 556. The van der Waals surface area contributed by atoms with Gasteiger partial charge in [0.05, 0.1) is 17.9 Å². The van der Waals surface area contributed by atoms with E-state index in [1.54, 1.807) is 31.2 Å². The second-order valence-electron chi connectivity index (χ2n) is 4.79. The number of carbonyl (C=O) groups excluding carboxylic acids is 3. The van der Waals surface area contributed by atoms with Gasteiger partial charge in [-0.05, 0) is 25.5 Å². The molecule has 1 fully saturated rings. The maximum atomic E-state index is 12.2. The van der Waals surface area contributed by atoms with Gasteiger partial charge in [0, 0.05) is 18.9 Å². The number of anilines is 1. The van der Waals surface area contributed by atoms with Crippen molar-refractivity contribution >= 4 is 23.5 Å². The zero-order chi connectivity index (χ0) is 15.2. The molecule has 1 saturated heterocycles. The molecule has 0 aromatic heterocycles. The molecule has 1 aromatic carbocycles. The molecule has 2 amide bonds. The predicted molar refractivity (Wildman–Crippen MR) is 76.8 cm³/mol. The topological polar surface area (TPSA) is 84.5 Å². The molecule has 0 aliphatic carbocycles. The summed E-state index contributed by atoms with van der Waals surface area (Å²) in [6, 6.07) is 6.68. The van der Waals surface area contributed by atoms with Crippen LogP contribution in [0.5, 0.6) is 0 Å². The van der Waals surface area contributed by atoms with Crippen LogP contribution in [0.15, 0.2) is 24.3 Å². The molecule has 112 valence electrons. The average Bonchev–Trinajstić information content (AvgIpc) is 2.48. The highest BCUT2D eigenvalue weighted by atomic mass is 16.5. The zero-order valence-electron chi connectivity index (χ0n) is 11.8. The van der Waals surface area contributed by atoms with Crippen molar-refractivity contribution in [2.75, 3.05) is 18.5 Å². The molecular formula is C15H18N2O4. The summed E-state index contributed by atoms with van der Waals surface area (Å²) in [6.45, 7) is 2.49. The predicted octanol–water partition coefficient (Wildman–Crippen LogP) is 1.33. The van der Waals surface area contributed by atoms with Gasteiger partial charge in [0.2, 0.25) is 11.8 Å². The van der Waals surface area contributed by atoms with Crippen molar-refractivity contribution in [3.8, 4) is 0 Å². The number of ether oxygens (including phenoxy) is 1. The molecule has 1 aliphatic heterocycles. The quantitative estimate of drug-likeness (QED) is 0.819. The molecule has 21 heavy (non-hydrogen) atoms. The highest BCUT2D eigenvalue weighted by Gasteiger charge is 2.26. The van der Waals surface area contributed by atoms with Gasteiger partial charge in [-0.15, -0.1) is 0 Å². The highest BCUT2D eigenvalue weighted by Crippen LogP contribution is 2.20. The van der Waals surface area contributed by atoms with E-state index in [4.69, 9.17) is 4.74 Å². The lowest BCUT2D eigenvalue weighted by atomic mass is 9.96. The number of hydrogen-bond donors (Lipinski definition) is 2. The van der Waals surface area contributed by atoms with Gasteiger partial charge in [0.25, 0.3) is 0 Å². The number of amides is 2. The van der Waals surface area contributed by atoms with Crippen molar-refractivity contribution < 1.29 is 19.1 Å². The summed E-state index contributed by atoms with van der Waals surface area (Å²) in [5, 5.41) is 5.40. The Hall–Kier alpha value is -2.37. The van der Waals surface area contributed by atoms with Crippen molar-refractivity contribution in [1.29, 1.82) is 0 Å². The number of hydrogen-bond acceptors (Lipinski definition) is 4. The Morgan fingerprint density at radius 1 is 1.38 bits per heavy atom. The van der Waals surface area contributed by atoms with Crippen molar-refractivity contribution in [2.45, 2.75) is 19.8 Å². The van der Waals surface area contributed by atoms with Gasteiger partial charge < -0.3 is 15.4 Å². The first-order chi connectivity index (χ1) is 10.1. The number of rotatable bonds is 4. The van der Waals surface area contributed by atoms with Crippen molar-refractivity contribution in [3.63, 3.8) is 0 Å². The Labute approximate surface area is 122 Å². The third kappa shape index (κ3) is 3.81. The van der Waals surface area contributed by atoms with Crippen LogP contribution in [0.25, 0.3) is 0 Å². The van der Waals surface area contributed by atoms with Crippen LogP contribution in [0, 0.1) is 5.92 Å². The number of benzene rings is 1. The molecular weight excluding hydrogens is 272 g/mol. The molecule has 0 spiro atoms. The molecule has 0 saturated carbocycles. The van der Waals surface area contributed by atoms with E-state index in [2.05, 4.69) is 10.6 Å². The van der Waals surface area contributed by atoms with Gasteiger partial charge in [-0.2, -0.15) is 0 Å². The van der Waals surface area contributed by atoms with Crippen LogP contribution in [0.3, 0.4) is 0 Å².